The summed E-state index contributed by atoms with van der Waals surface area (Å²) >= 11 is 0. The average Bonchev–Trinajstić information content (AvgIpc) is 2.84. The first-order valence-electron chi connectivity index (χ1n) is 11.3. The number of alkyl halides is 3. The van der Waals surface area contributed by atoms with Crippen LogP contribution in [0.2, 0.25) is 0 Å². The third kappa shape index (κ3) is 5.15. The van der Waals surface area contributed by atoms with E-state index >= 15 is 0 Å². The number of amides is 2. The minimum atomic E-state index is -4.81. The van der Waals surface area contributed by atoms with Gasteiger partial charge in [-0.2, -0.15) is 0 Å². The Bertz CT molecular complexity index is 1240. The molecule has 0 radical (unpaired) electrons. The predicted molar refractivity (Wildman–Crippen MR) is 129 cm³/mol. The minimum Gasteiger partial charge on any atom is -0.497 e. The Labute approximate surface area is 206 Å². The zero-order chi connectivity index (χ0) is 26.0. The number of carbonyl (C=O) groups is 2. The first-order chi connectivity index (χ1) is 17.1. The number of hydrogen-bond acceptors (Lipinski definition) is 4. The normalized spacial score (nSPS) is 17.2. The van der Waals surface area contributed by atoms with E-state index in [2.05, 4.69) is 4.74 Å². The Morgan fingerprint density at radius 3 is 2.14 bits per heavy atom. The largest absolute Gasteiger partial charge is 0.573 e. The summed E-state index contributed by atoms with van der Waals surface area (Å²) in [6.07, 6.45) is -4.38. The van der Waals surface area contributed by atoms with E-state index in [1.165, 1.54) is 31.2 Å². The molecule has 0 N–H and O–H groups in total. The molecule has 1 aliphatic heterocycles. The lowest BCUT2D eigenvalue weighted by Gasteiger charge is -2.43. The highest BCUT2D eigenvalue weighted by Gasteiger charge is 2.38. The van der Waals surface area contributed by atoms with E-state index in [1.54, 1.807) is 41.2 Å². The van der Waals surface area contributed by atoms with Crippen LogP contribution < -0.4 is 19.3 Å². The van der Waals surface area contributed by atoms with Gasteiger partial charge in [-0.1, -0.05) is 18.2 Å². The number of methoxy groups -OCH3 is 1. The maximum atomic E-state index is 13.5. The molecule has 1 heterocycles. The fraction of sp³-hybridized carbons (Fsp3) is 0.259. The zero-order valence-corrected chi connectivity index (χ0v) is 20.0. The van der Waals surface area contributed by atoms with Crippen LogP contribution in [0.25, 0.3) is 0 Å². The van der Waals surface area contributed by atoms with E-state index in [1.807, 2.05) is 31.2 Å². The summed E-state index contributed by atoms with van der Waals surface area (Å²) in [5, 5.41) is 0. The van der Waals surface area contributed by atoms with E-state index in [9.17, 15) is 22.8 Å². The molecule has 0 aliphatic carbocycles. The van der Waals surface area contributed by atoms with E-state index in [0.29, 0.717) is 29.1 Å². The van der Waals surface area contributed by atoms with Crippen LogP contribution in [0, 0.1) is 0 Å². The number of rotatable bonds is 5. The smallest absolute Gasteiger partial charge is 0.497 e. The van der Waals surface area contributed by atoms with Crippen LogP contribution in [0.5, 0.6) is 11.5 Å². The van der Waals surface area contributed by atoms with Crippen molar-refractivity contribution in [3.8, 4) is 11.5 Å². The molecule has 0 saturated heterocycles. The van der Waals surface area contributed by atoms with Gasteiger partial charge in [-0.3, -0.25) is 9.59 Å². The van der Waals surface area contributed by atoms with Crippen LogP contribution in [0.1, 0.15) is 42.2 Å². The summed E-state index contributed by atoms with van der Waals surface area (Å²) in [5.74, 6) is -0.189. The second kappa shape index (κ2) is 9.93. The molecule has 36 heavy (non-hydrogen) atoms. The first-order valence-corrected chi connectivity index (χ1v) is 11.3. The number of fused-ring (bicyclic) bond motifs is 1. The van der Waals surface area contributed by atoms with Gasteiger partial charge in [0.2, 0.25) is 5.91 Å². The lowest BCUT2D eigenvalue weighted by molar-refractivity contribution is -0.274. The average molecular weight is 499 g/mol. The standard InChI is InChI=1S/C27H25F3N2O4/c1-17-16-25(32(18(2)33)20-10-14-22(15-11-20)36-27(28,29)30)23-6-4-5-7-24(23)31(17)26(34)19-8-12-21(35-3)13-9-19/h4-15,17,25H,16H2,1-3H3/t17-,25+/m0/s1. The molecule has 0 unspecified atom stereocenters. The molecule has 1 aliphatic rings. The van der Waals surface area contributed by atoms with Gasteiger partial charge in [-0.15, -0.1) is 13.2 Å². The van der Waals surface area contributed by atoms with Crippen molar-refractivity contribution in [1.29, 1.82) is 0 Å². The molecule has 9 heteroatoms. The molecule has 188 valence electrons. The van der Waals surface area contributed by atoms with Gasteiger partial charge in [0.05, 0.1) is 13.2 Å². The van der Waals surface area contributed by atoms with E-state index in [-0.39, 0.29) is 23.6 Å². The second-order valence-corrected chi connectivity index (χ2v) is 8.49. The topological polar surface area (TPSA) is 59.1 Å². The third-order valence-corrected chi connectivity index (χ3v) is 6.12. The minimum absolute atomic E-state index is 0.181. The SMILES string of the molecule is COc1ccc(C(=O)N2c3ccccc3[C@H](N(C(C)=O)c3ccc(OC(F)(F)F)cc3)C[C@@H]2C)cc1. The molecule has 2 atom stereocenters. The van der Waals surface area contributed by atoms with Crippen molar-refractivity contribution < 1.29 is 32.2 Å². The highest BCUT2D eigenvalue weighted by molar-refractivity contribution is 6.07. The summed E-state index contributed by atoms with van der Waals surface area (Å²) in [7, 11) is 1.55. The van der Waals surface area contributed by atoms with Crippen molar-refractivity contribution in [2.45, 2.75) is 38.7 Å². The van der Waals surface area contributed by atoms with Gasteiger partial charge >= 0.3 is 6.36 Å². The number of hydrogen-bond donors (Lipinski definition) is 0. The summed E-state index contributed by atoms with van der Waals surface area (Å²) in [4.78, 5) is 29.6. The maximum Gasteiger partial charge on any atom is 0.573 e. The lowest BCUT2D eigenvalue weighted by Crippen LogP contribution is -2.47. The molecular formula is C27H25F3N2O4. The van der Waals surface area contributed by atoms with Gasteiger partial charge < -0.3 is 19.3 Å². The molecule has 0 bridgehead atoms. The molecule has 0 spiro atoms. The molecule has 6 nitrogen and oxygen atoms in total. The fourth-order valence-electron chi connectivity index (χ4n) is 4.60. The number of halogens is 3. The maximum absolute atomic E-state index is 13.5. The third-order valence-electron chi connectivity index (χ3n) is 6.12. The highest BCUT2D eigenvalue weighted by atomic mass is 19.4. The molecule has 2 amide bonds. The van der Waals surface area contributed by atoms with Crippen molar-refractivity contribution in [3.05, 3.63) is 83.9 Å². The molecular weight excluding hydrogens is 473 g/mol. The van der Waals surface area contributed by atoms with E-state index in [4.69, 9.17) is 4.74 Å². The van der Waals surface area contributed by atoms with Crippen molar-refractivity contribution in [3.63, 3.8) is 0 Å². The molecule has 0 aromatic heterocycles. The van der Waals surface area contributed by atoms with E-state index < -0.39 is 12.4 Å². The summed E-state index contributed by atoms with van der Waals surface area (Å²) in [5.41, 5.74) is 2.37. The summed E-state index contributed by atoms with van der Waals surface area (Å²) in [6.45, 7) is 3.31. The van der Waals surface area contributed by atoms with Gasteiger partial charge in [-0.05, 0) is 73.5 Å². The summed E-state index contributed by atoms with van der Waals surface area (Å²) in [6, 6.07) is 18.7. The number of anilines is 2. The van der Waals surface area contributed by atoms with Crippen LogP contribution in [0.15, 0.2) is 72.8 Å². The quantitative estimate of drug-likeness (QED) is 0.425. The lowest BCUT2D eigenvalue weighted by atomic mass is 9.89. The number of nitrogens with zero attached hydrogens (tertiary/aromatic N) is 2. The molecule has 3 aromatic carbocycles. The Morgan fingerprint density at radius 1 is 0.944 bits per heavy atom. The number of carbonyl (C=O) groups excluding carboxylic acids is 2. The van der Waals surface area contributed by atoms with E-state index in [0.717, 1.165) is 5.56 Å². The van der Waals surface area contributed by atoms with Crippen LogP contribution in [-0.2, 0) is 4.79 Å². The van der Waals surface area contributed by atoms with Crippen LogP contribution in [0.3, 0.4) is 0 Å². The van der Waals surface area contributed by atoms with Crippen LogP contribution in [0.4, 0.5) is 24.5 Å². The van der Waals surface area contributed by atoms with Crippen LogP contribution in [-0.4, -0.2) is 31.3 Å². The van der Waals surface area contributed by atoms with Crippen molar-refractivity contribution in [2.24, 2.45) is 0 Å². The first kappa shape index (κ1) is 25.1. The fourth-order valence-corrected chi connectivity index (χ4v) is 4.60. The molecule has 0 saturated carbocycles. The van der Waals surface area contributed by atoms with Gasteiger partial charge in [0, 0.05) is 29.9 Å². The monoisotopic (exact) mass is 498 g/mol. The molecule has 4 rings (SSSR count). The van der Waals surface area contributed by atoms with Crippen molar-refractivity contribution in [2.75, 3.05) is 16.9 Å². The van der Waals surface area contributed by atoms with Crippen LogP contribution >= 0.6 is 0 Å². The molecule has 0 fully saturated rings. The van der Waals surface area contributed by atoms with Crippen molar-refractivity contribution in [1.82, 2.24) is 0 Å². The molecule has 3 aromatic rings. The highest BCUT2D eigenvalue weighted by Crippen LogP contribution is 2.43. The Balaban J connectivity index is 1.69. The number of ether oxygens (including phenoxy) is 2. The van der Waals surface area contributed by atoms with Gasteiger partial charge in [-0.25, -0.2) is 0 Å². The zero-order valence-electron chi connectivity index (χ0n) is 20.0. The number of para-hydroxylation sites is 1. The Hall–Kier alpha value is -4.01. The summed E-state index contributed by atoms with van der Waals surface area (Å²) < 4.78 is 46.8. The van der Waals surface area contributed by atoms with Gasteiger partial charge in [0.1, 0.15) is 11.5 Å². The predicted octanol–water partition coefficient (Wildman–Crippen LogP) is 6.13. The van der Waals surface area contributed by atoms with Gasteiger partial charge in [0.15, 0.2) is 0 Å². The number of benzene rings is 3. The Kier molecular flexibility index (Phi) is 6.92. The van der Waals surface area contributed by atoms with Crippen molar-refractivity contribution >= 4 is 23.2 Å². The van der Waals surface area contributed by atoms with Gasteiger partial charge in [0.25, 0.3) is 5.91 Å². The second-order valence-electron chi connectivity index (χ2n) is 8.49. The Morgan fingerprint density at radius 2 is 1.56 bits per heavy atom.